The molecule has 0 saturated carbocycles. The second-order valence-corrected chi connectivity index (χ2v) is 6.38. The van der Waals surface area contributed by atoms with Crippen molar-refractivity contribution in [2.24, 2.45) is 0 Å². The average Bonchev–Trinajstić information content (AvgIpc) is 3.15. The Labute approximate surface area is 169 Å². The average molecular weight is 407 g/mol. The minimum Gasteiger partial charge on any atom is -0.478 e. The maximum atomic E-state index is 12.5. The minimum absolute atomic E-state index is 0.126. The van der Waals surface area contributed by atoms with Gasteiger partial charge in [-0.05, 0) is 42.8 Å². The number of aromatic carboxylic acids is 1. The van der Waals surface area contributed by atoms with Gasteiger partial charge >= 0.3 is 17.7 Å². The Balaban J connectivity index is 0.000000806. The lowest BCUT2D eigenvalue weighted by atomic mass is 10.1. The van der Waals surface area contributed by atoms with E-state index in [0.29, 0.717) is 27.9 Å². The van der Waals surface area contributed by atoms with Crippen molar-refractivity contribution in [3.05, 3.63) is 64.5 Å². The second-order valence-electron chi connectivity index (χ2n) is 6.38. The highest BCUT2D eigenvalue weighted by molar-refractivity contribution is 5.94. The lowest BCUT2D eigenvalue weighted by Crippen LogP contribution is -2.03. The van der Waals surface area contributed by atoms with Gasteiger partial charge in [0, 0.05) is 29.1 Å². The molecule has 2 N–H and O–H groups in total. The van der Waals surface area contributed by atoms with E-state index < -0.39 is 11.6 Å². The lowest BCUT2D eigenvalue weighted by Gasteiger charge is -2.06. The topological polar surface area (TPSA) is 127 Å². The molecule has 0 amide bonds. The van der Waals surface area contributed by atoms with Crippen molar-refractivity contribution >= 4 is 39.7 Å². The number of benzene rings is 2. The van der Waals surface area contributed by atoms with Crippen LogP contribution in [0.25, 0.3) is 33.3 Å². The molecular weight excluding hydrogens is 390 g/mol. The quantitative estimate of drug-likeness (QED) is 0.473. The third-order valence-electron chi connectivity index (χ3n) is 4.35. The van der Waals surface area contributed by atoms with Crippen LogP contribution in [0.2, 0.25) is 0 Å². The van der Waals surface area contributed by atoms with Gasteiger partial charge in [-0.15, -0.1) is 0 Å². The highest BCUT2D eigenvalue weighted by atomic mass is 16.4. The Morgan fingerprint density at radius 1 is 1.00 bits per heavy atom. The van der Waals surface area contributed by atoms with E-state index in [-0.39, 0.29) is 11.7 Å². The molecule has 4 aromatic rings. The van der Waals surface area contributed by atoms with Gasteiger partial charge in [-0.2, -0.15) is 9.59 Å². The second kappa shape index (κ2) is 8.89. The summed E-state index contributed by atoms with van der Waals surface area (Å²) in [6.45, 7) is 2.92. The van der Waals surface area contributed by atoms with Gasteiger partial charge in [-0.3, -0.25) is 0 Å². The van der Waals surface area contributed by atoms with E-state index in [4.69, 9.17) is 23.5 Å². The normalized spacial score (nSPS) is 10.3. The van der Waals surface area contributed by atoms with E-state index in [1.54, 1.807) is 24.3 Å². The first-order valence-corrected chi connectivity index (χ1v) is 9.05. The third kappa shape index (κ3) is 4.29. The molecule has 152 valence electrons. The summed E-state index contributed by atoms with van der Waals surface area (Å²) in [5.74, 6) is -0.691. The summed E-state index contributed by atoms with van der Waals surface area (Å²) in [4.78, 5) is 39.8. The van der Waals surface area contributed by atoms with E-state index in [2.05, 4.69) is 12.2 Å². The van der Waals surface area contributed by atoms with Crippen LogP contribution in [0.3, 0.4) is 0 Å². The zero-order chi connectivity index (χ0) is 21.7. The van der Waals surface area contributed by atoms with Crippen LogP contribution in [-0.4, -0.2) is 23.8 Å². The molecule has 0 unspecified atom stereocenters. The molecule has 2 aromatic carbocycles. The molecule has 0 aliphatic rings. The summed E-state index contributed by atoms with van der Waals surface area (Å²) in [5, 5.41) is 13.8. The number of hydrogen-bond acceptors (Lipinski definition) is 7. The van der Waals surface area contributed by atoms with Crippen LogP contribution in [0.4, 0.5) is 5.69 Å². The van der Waals surface area contributed by atoms with Gasteiger partial charge in [0.15, 0.2) is 0 Å². The van der Waals surface area contributed by atoms with Crippen LogP contribution in [0.15, 0.2) is 62.2 Å². The summed E-state index contributed by atoms with van der Waals surface area (Å²) in [7, 11) is 0. The first-order chi connectivity index (χ1) is 14.5. The standard InChI is InChI=1S/C21H17NO5.CO2/c1-2-7-22-15-6-5-12-8-16(21(25)27-18(12)11-15)19-9-13-3-4-14(20(23)24)10-17(13)26-19;2-1-3/h3-6,8-11,22H,2,7H2,1H3,(H,23,24);. The van der Waals surface area contributed by atoms with Crippen molar-refractivity contribution in [1.29, 1.82) is 0 Å². The highest BCUT2D eigenvalue weighted by Gasteiger charge is 2.14. The van der Waals surface area contributed by atoms with Crippen LogP contribution in [0.1, 0.15) is 23.7 Å². The van der Waals surface area contributed by atoms with Crippen molar-refractivity contribution in [2.45, 2.75) is 13.3 Å². The fourth-order valence-electron chi connectivity index (χ4n) is 2.96. The lowest BCUT2D eigenvalue weighted by molar-refractivity contribution is -0.191. The molecular formula is C22H17NO7. The SMILES string of the molecule is CCCNc1ccc2cc(-c3cc4ccc(C(=O)O)cc4o3)c(=O)oc2c1.O=C=O. The summed E-state index contributed by atoms with van der Waals surface area (Å²) in [5.41, 5.74) is 1.71. The molecule has 0 aliphatic carbocycles. The van der Waals surface area contributed by atoms with Crippen LogP contribution >= 0.6 is 0 Å². The molecule has 0 aliphatic heterocycles. The monoisotopic (exact) mass is 407 g/mol. The van der Waals surface area contributed by atoms with Gasteiger partial charge in [0.2, 0.25) is 0 Å². The van der Waals surface area contributed by atoms with Gasteiger partial charge < -0.3 is 19.3 Å². The van der Waals surface area contributed by atoms with Gasteiger partial charge in [0.1, 0.15) is 22.5 Å². The van der Waals surface area contributed by atoms with E-state index in [9.17, 15) is 9.59 Å². The number of hydrogen-bond donors (Lipinski definition) is 2. The number of furan rings is 1. The Morgan fingerprint density at radius 2 is 1.67 bits per heavy atom. The molecule has 0 fully saturated rings. The first-order valence-electron chi connectivity index (χ1n) is 9.05. The molecule has 30 heavy (non-hydrogen) atoms. The van der Waals surface area contributed by atoms with Crippen molar-refractivity contribution in [1.82, 2.24) is 0 Å². The molecule has 8 nitrogen and oxygen atoms in total. The van der Waals surface area contributed by atoms with E-state index in [1.165, 1.54) is 12.1 Å². The molecule has 0 spiro atoms. The largest absolute Gasteiger partial charge is 0.478 e. The zero-order valence-corrected chi connectivity index (χ0v) is 15.9. The fourth-order valence-corrected chi connectivity index (χ4v) is 2.96. The maximum Gasteiger partial charge on any atom is 0.373 e. The predicted octanol–water partition coefficient (Wildman–Crippen LogP) is 4.14. The van der Waals surface area contributed by atoms with Crippen molar-refractivity contribution in [3.63, 3.8) is 0 Å². The summed E-state index contributed by atoms with van der Waals surface area (Å²) >= 11 is 0. The molecule has 2 heterocycles. The molecule has 8 heteroatoms. The summed E-state index contributed by atoms with van der Waals surface area (Å²) in [6, 6.07) is 13.6. The van der Waals surface area contributed by atoms with Crippen LogP contribution < -0.4 is 10.9 Å². The third-order valence-corrected chi connectivity index (χ3v) is 4.35. The molecule has 0 saturated heterocycles. The van der Waals surface area contributed by atoms with Crippen molar-refractivity contribution < 1.29 is 28.3 Å². The number of rotatable bonds is 5. The maximum absolute atomic E-state index is 12.5. The van der Waals surface area contributed by atoms with Crippen LogP contribution in [0, 0.1) is 0 Å². The predicted molar refractivity (Wildman–Crippen MR) is 108 cm³/mol. The van der Waals surface area contributed by atoms with E-state index in [0.717, 1.165) is 24.0 Å². The Bertz CT molecular complexity index is 1310. The minimum atomic E-state index is -1.03. The van der Waals surface area contributed by atoms with Crippen LogP contribution in [0.5, 0.6) is 0 Å². The Morgan fingerprint density at radius 3 is 2.37 bits per heavy atom. The number of fused-ring (bicyclic) bond motifs is 2. The Hall–Kier alpha value is -4.16. The van der Waals surface area contributed by atoms with Crippen molar-refractivity contribution in [3.8, 4) is 11.3 Å². The van der Waals surface area contributed by atoms with Crippen LogP contribution in [-0.2, 0) is 9.59 Å². The number of carboxylic acids is 1. The van der Waals surface area contributed by atoms with Gasteiger partial charge in [-0.25, -0.2) is 9.59 Å². The number of carbonyl (C=O) groups excluding carboxylic acids is 2. The Kier molecular flexibility index (Phi) is 6.10. The van der Waals surface area contributed by atoms with Gasteiger partial charge in [-0.1, -0.05) is 13.0 Å². The van der Waals surface area contributed by atoms with Gasteiger partial charge in [0.25, 0.3) is 0 Å². The fraction of sp³-hybridized carbons (Fsp3) is 0.136. The van der Waals surface area contributed by atoms with Crippen molar-refractivity contribution in [2.75, 3.05) is 11.9 Å². The number of carbonyl (C=O) groups is 1. The number of nitrogens with one attached hydrogen (secondary N) is 1. The summed E-state index contributed by atoms with van der Waals surface area (Å²) < 4.78 is 11.2. The number of anilines is 1. The molecule has 2 aromatic heterocycles. The van der Waals surface area contributed by atoms with Gasteiger partial charge in [0.05, 0.1) is 5.56 Å². The molecule has 0 bridgehead atoms. The van der Waals surface area contributed by atoms with E-state index in [1.807, 2.05) is 12.1 Å². The summed E-state index contributed by atoms with van der Waals surface area (Å²) in [6.07, 6.45) is 1.25. The smallest absolute Gasteiger partial charge is 0.373 e. The van der Waals surface area contributed by atoms with E-state index >= 15 is 0 Å². The zero-order valence-electron chi connectivity index (χ0n) is 15.9. The molecule has 0 radical (unpaired) electrons. The highest BCUT2D eigenvalue weighted by Crippen LogP contribution is 2.29. The first kappa shape index (κ1) is 20.6. The number of carboxylic acid groups (broad SMARTS) is 1. The molecule has 0 atom stereocenters. The molecule has 4 rings (SSSR count).